The van der Waals surface area contributed by atoms with Gasteiger partial charge in [0.1, 0.15) is 12.6 Å². The molecule has 1 aliphatic heterocycles. The van der Waals surface area contributed by atoms with Gasteiger partial charge in [-0.3, -0.25) is 4.90 Å². The smallest absolute Gasteiger partial charge is 0.413 e. The van der Waals surface area contributed by atoms with Crippen molar-refractivity contribution in [1.29, 1.82) is 0 Å². The average Bonchev–Trinajstić information content (AvgIpc) is 2.84. The highest BCUT2D eigenvalue weighted by molar-refractivity contribution is 7.98. The van der Waals surface area contributed by atoms with Gasteiger partial charge in [0.15, 0.2) is 6.23 Å². The SMILES string of the molecule is CSC[C@@H]1C(=O)O[C@H](C(C)(C)C)N1C(=O)OCc1ccccc1. The van der Waals surface area contributed by atoms with Crippen LogP contribution in [0.15, 0.2) is 30.3 Å². The van der Waals surface area contributed by atoms with Gasteiger partial charge in [-0.25, -0.2) is 9.59 Å². The zero-order valence-electron chi connectivity index (χ0n) is 13.9. The molecule has 1 amide bonds. The van der Waals surface area contributed by atoms with Crippen molar-refractivity contribution in [1.82, 2.24) is 4.90 Å². The Labute approximate surface area is 141 Å². The van der Waals surface area contributed by atoms with Crippen LogP contribution in [-0.2, 0) is 20.9 Å². The molecule has 2 atom stereocenters. The van der Waals surface area contributed by atoms with E-state index >= 15 is 0 Å². The summed E-state index contributed by atoms with van der Waals surface area (Å²) < 4.78 is 10.9. The Morgan fingerprint density at radius 2 is 1.96 bits per heavy atom. The molecule has 126 valence electrons. The maximum absolute atomic E-state index is 12.6. The monoisotopic (exact) mass is 337 g/mol. The molecule has 0 N–H and O–H groups in total. The molecule has 1 fully saturated rings. The van der Waals surface area contributed by atoms with Gasteiger partial charge in [0, 0.05) is 11.2 Å². The number of thioether (sulfide) groups is 1. The van der Waals surface area contributed by atoms with Crippen LogP contribution in [0, 0.1) is 5.41 Å². The average molecular weight is 337 g/mol. The van der Waals surface area contributed by atoms with Crippen molar-refractivity contribution in [2.24, 2.45) is 5.41 Å². The summed E-state index contributed by atoms with van der Waals surface area (Å²) in [6.45, 7) is 5.98. The normalized spacial score (nSPS) is 21.2. The molecule has 0 bridgehead atoms. The number of rotatable bonds is 4. The van der Waals surface area contributed by atoms with Crippen LogP contribution >= 0.6 is 11.8 Å². The van der Waals surface area contributed by atoms with Crippen molar-refractivity contribution in [2.45, 2.75) is 39.6 Å². The number of cyclic esters (lactones) is 1. The van der Waals surface area contributed by atoms with Gasteiger partial charge in [0.05, 0.1) is 0 Å². The van der Waals surface area contributed by atoms with Gasteiger partial charge in [-0.05, 0) is 11.8 Å². The Bertz CT molecular complexity index is 555. The van der Waals surface area contributed by atoms with Crippen LogP contribution in [-0.4, -0.2) is 41.2 Å². The Morgan fingerprint density at radius 1 is 1.30 bits per heavy atom. The predicted molar refractivity (Wildman–Crippen MR) is 90.0 cm³/mol. The minimum atomic E-state index is -0.615. The standard InChI is InChI=1S/C17H23NO4S/c1-17(2,3)15-18(13(11-23-4)14(19)22-15)16(20)21-10-12-8-6-5-7-9-12/h5-9,13,15H,10-11H2,1-4H3/t13-,15-/m1/s1. The summed E-state index contributed by atoms with van der Waals surface area (Å²) in [6, 6.07) is 8.86. The van der Waals surface area contributed by atoms with E-state index in [1.165, 1.54) is 16.7 Å². The van der Waals surface area contributed by atoms with Gasteiger partial charge in [0.2, 0.25) is 0 Å². The molecule has 0 aliphatic carbocycles. The van der Waals surface area contributed by atoms with Crippen LogP contribution in [0.5, 0.6) is 0 Å². The van der Waals surface area contributed by atoms with Crippen molar-refractivity contribution >= 4 is 23.8 Å². The molecule has 6 heteroatoms. The van der Waals surface area contributed by atoms with E-state index in [4.69, 9.17) is 9.47 Å². The van der Waals surface area contributed by atoms with E-state index in [0.717, 1.165) is 5.56 Å². The summed E-state index contributed by atoms with van der Waals surface area (Å²) in [7, 11) is 0. The lowest BCUT2D eigenvalue weighted by Gasteiger charge is -2.33. The molecule has 5 nitrogen and oxygen atoms in total. The third kappa shape index (κ3) is 4.19. The van der Waals surface area contributed by atoms with Gasteiger partial charge in [-0.15, -0.1) is 0 Å². The first-order chi connectivity index (χ1) is 10.8. The molecular formula is C17H23NO4S. The second kappa shape index (κ2) is 7.25. The topological polar surface area (TPSA) is 55.8 Å². The van der Waals surface area contributed by atoms with Crippen LogP contribution in [0.1, 0.15) is 26.3 Å². The summed E-state index contributed by atoms with van der Waals surface area (Å²) in [4.78, 5) is 26.1. The minimum Gasteiger partial charge on any atom is -0.444 e. The number of carbonyl (C=O) groups excluding carboxylic acids is 2. The molecule has 2 rings (SSSR count). The fourth-order valence-corrected chi connectivity index (χ4v) is 3.05. The van der Waals surface area contributed by atoms with E-state index in [2.05, 4.69) is 0 Å². The summed E-state index contributed by atoms with van der Waals surface area (Å²) in [5.74, 6) is 0.127. The van der Waals surface area contributed by atoms with Crippen LogP contribution in [0.25, 0.3) is 0 Å². The van der Waals surface area contributed by atoms with Crippen molar-refractivity contribution in [3.63, 3.8) is 0 Å². The van der Waals surface area contributed by atoms with E-state index in [0.29, 0.717) is 5.75 Å². The third-order valence-electron chi connectivity index (χ3n) is 3.57. The second-order valence-corrected chi connectivity index (χ2v) is 7.48. The van der Waals surface area contributed by atoms with Gasteiger partial charge in [0.25, 0.3) is 0 Å². The van der Waals surface area contributed by atoms with Crippen LogP contribution in [0.4, 0.5) is 4.79 Å². The van der Waals surface area contributed by atoms with Crippen molar-refractivity contribution < 1.29 is 19.1 Å². The fraction of sp³-hybridized carbons (Fsp3) is 0.529. The lowest BCUT2D eigenvalue weighted by molar-refractivity contribution is -0.147. The van der Waals surface area contributed by atoms with E-state index in [-0.39, 0.29) is 18.0 Å². The Hall–Kier alpha value is -1.69. The van der Waals surface area contributed by atoms with Gasteiger partial charge >= 0.3 is 12.1 Å². The Kier molecular flexibility index (Phi) is 5.57. The highest BCUT2D eigenvalue weighted by Gasteiger charge is 2.50. The number of esters is 1. The molecular weight excluding hydrogens is 314 g/mol. The van der Waals surface area contributed by atoms with E-state index < -0.39 is 18.4 Å². The molecule has 0 saturated carbocycles. The maximum Gasteiger partial charge on any atom is 0.413 e. The van der Waals surface area contributed by atoms with E-state index in [1.807, 2.05) is 57.4 Å². The molecule has 23 heavy (non-hydrogen) atoms. The summed E-state index contributed by atoms with van der Waals surface area (Å²) in [5.41, 5.74) is 0.523. The zero-order chi connectivity index (χ0) is 17.0. The maximum atomic E-state index is 12.6. The van der Waals surface area contributed by atoms with Gasteiger partial charge in [-0.2, -0.15) is 11.8 Å². The molecule has 1 saturated heterocycles. The predicted octanol–water partition coefficient (Wildman–Crippen LogP) is 3.29. The second-order valence-electron chi connectivity index (χ2n) is 6.57. The Morgan fingerprint density at radius 3 is 2.52 bits per heavy atom. The number of hydrogen-bond acceptors (Lipinski definition) is 5. The molecule has 1 aromatic rings. The van der Waals surface area contributed by atoms with E-state index in [1.54, 1.807) is 0 Å². The molecule has 0 unspecified atom stereocenters. The van der Waals surface area contributed by atoms with Gasteiger partial charge < -0.3 is 9.47 Å². The fourth-order valence-electron chi connectivity index (χ4n) is 2.44. The highest BCUT2D eigenvalue weighted by Crippen LogP contribution is 2.34. The lowest BCUT2D eigenvalue weighted by atomic mass is 9.93. The van der Waals surface area contributed by atoms with Gasteiger partial charge in [-0.1, -0.05) is 51.1 Å². The minimum absolute atomic E-state index is 0.174. The number of nitrogens with zero attached hydrogens (tertiary/aromatic N) is 1. The van der Waals surface area contributed by atoms with Crippen molar-refractivity contribution in [3.05, 3.63) is 35.9 Å². The largest absolute Gasteiger partial charge is 0.444 e. The first-order valence-corrected chi connectivity index (χ1v) is 8.92. The molecule has 0 radical (unpaired) electrons. The van der Waals surface area contributed by atoms with Crippen LogP contribution < -0.4 is 0 Å². The number of carbonyl (C=O) groups is 2. The molecule has 1 aromatic carbocycles. The summed E-state index contributed by atoms with van der Waals surface area (Å²) in [6.07, 6.45) is 0.764. The first kappa shape index (κ1) is 17.7. The molecule has 0 spiro atoms. The number of ether oxygens (including phenoxy) is 2. The lowest BCUT2D eigenvalue weighted by Crippen LogP contribution is -2.48. The first-order valence-electron chi connectivity index (χ1n) is 7.53. The zero-order valence-corrected chi connectivity index (χ0v) is 14.8. The van der Waals surface area contributed by atoms with E-state index in [9.17, 15) is 9.59 Å². The van der Waals surface area contributed by atoms with Crippen molar-refractivity contribution in [3.8, 4) is 0 Å². The van der Waals surface area contributed by atoms with Crippen molar-refractivity contribution in [2.75, 3.05) is 12.0 Å². The number of benzene rings is 1. The summed E-state index contributed by atoms with van der Waals surface area (Å²) in [5, 5.41) is 0. The highest BCUT2D eigenvalue weighted by atomic mass is 32.2. The number of amides is 1. The summed E-state index contributed by atoms with van der Waals surface area (Å²) >= 11 is 1.50. The van der Waals surface area contributed by atoms with Crippen LogP contribution in [0.2, 0.25) is 0 Å². The molecule has 1 aliphatic rings. The number of hydrogen-bond donors (Lipinski definition) is 0. The third-order valence-corrected chi connectivity index (χ3v) is 4.22. The molecule has 1 heterocycles. The Balaban J connectivity index is 2.13. The quantitative estimate of drug-likeness (QED) is 0.789. The van der Waals surface area contributed by atoms with Crippen LogP contribution in [0.3, 0.4) is 0 Å². The molecule has 0 aromatic heterocycles.